The first-order valence-electron chi connectivity index (χ1n) is 12.5. The highest BCUT2D eigenvalue weighted by Crippen LogP contribution is 2.23. The van der Waals surface area contributed by atoms with Crippen LogP contribution in [-0.2, 0) is 29.0 Å². The van der Waals surface area contributed by atoms with E-state index in [0.29, 0.717) is 5.56 Å². The van der Waals surface area contributed by atoms with Crippen LogP contribution >= 0.6 is 0 Å². The van der Waals surface area contributed by atoms with Crippen LogP contribution in [0.1, 0.15) is 42.4 Å². The van der Waals surface area contributed by atoms with Crippen molar-refractivity contribution in [1.82, 2.24) is 10.2 Å². The van der Waals surface area contributed by atoms with E-state index in [1.54, 1.807) is 30.3 Å². The third-order valence-electron chi connectivity index (χ3n) is 6.77. The second kappa shape index (κ2) is 12.3. The first-order valence-corrected chi connectivity index (χ1v) is 12.5. The lowest BCUT2D eigenvalue weighted by molar-refractivity contribution is -0.385. The van der Waals surface area contributed by atoms with E-state index in [1.165, 1.54) is 23.1 Å². The van der Waals surface area contributed by atoms with Crippen molar-refractivity contribution in [3.63, 3.8) is 0 Å². The summed E-state index contributed by atoms with van der Waals surface area (Å²) in [6, 6.07) is 20.5. The normalized spacial score (nSPS) is 14.2. The zero-order valence-corrected chi connectivity index (χ0v) is 20.5. The quantitative estimate of drug-likeness (QED) is 0.312. The lowest BCUT2D eigenvalue weighted by Crippen LogP contribution is -2.52. The lowest BCUT2D eigenvalue weighted by Gasteiger charge is -2.32. The minimum Gasteiger partial charge on any atom is -0.352 e. The van der Waals surface area contributed by atoms with Gasteiger partial charge in [-0.05, 0) is 36.1 Å². The summed E-state index contributed by atoms with van der Waals surface area (Å²) >= 11 is 0. The molecule has 0 aliphatic heterocycles. The number of hydrogen-bond acceptors (Lipinski definition) is 4. The van der Waals surface area contributed by atoms with E-state index in [9.17, 15) is 24.1 Å². The molecule has 0 bridgehead atoms. The fourth-order valence-electron chi connectivity index (χ4n) is 4.81. The van der Waals surface area contributed by atoms with Crippen LogP contribution < -0.4 is 5.32 Å². The Labute approximate surface area is 215 Å². The van der Waals surface area contributed by atoms with Crippen molar-refractivity contribution < 1.29 is 18.9 Å². The number of hydrogen-bond donors (Lipinski definition) is 1. The topological polar surface area (TPSA) is 92.6 Å². The Morgan fingerprint density at radius 1 is 0.946 bits per heavy atom. The summed E-state index contributed by atoms with van der Waals surface area (Å²) in [6.07, 6.45) is 3.93. The van der Waals surface area contributed by atoms with Crippen LogP contribution in [0.4, 0.5) is 10.1 Å². The summed E-state index contributed by atoms with van der Waals surface area (Å²) < 4.78 is 13.6. The predicted molar refractivity (Wildman–Crippen MR) is 138 cm³/mol. The van der Waals surface area contributed by atoms with Crippen molar-refractivity contribution >= 4 is 17.5 Å². The van der Waals surface area contributed by atoms with Crippen LogP contribution in [0.25, 0.3) is 0 Å². The van der Waals surface area contributed by atoms with Gasteiger partial charge in [0, 0.05) is 30.6 Å². The number of halogens is 1. The van der Waals surface area contributed by atoms with Gasteiger partial charge in [-0.3, -0.25) is 19.7 Å². The molecule has 1 saturated carbocycles. The van der Waals surface area contributed by atoms with Gasteiger partial charge in [0.2, 0.25) is 11.8 Å². The van der Waals surface area contributed by atoms with Gasteiger partial charge in [0.05, 0.1) is 11.3 Å². The van der Waals surface area contributed by atoms with Gasteiger partial charge in [-0.2, -0.15) is 0 Å². The Kier molecular flexibility index (Phi) is 8.61. The molecule has 0 heterocycles. The molecule has 1 unspecified atom stereocenters. The van der Waals surface area contributed by atoms with Crippen LogP contribution in [0, 0.1) is 15.9 Å². The molecule has 2 amide bonds. The maximum Gasteiger partial charge on any atom is 0.273 e. The largest absolute Gasteiger partial charge is 0.352 e. The van der Waals surface area contributed by atoms with Gasteiger partial charge in [0.15, 0.2) is 0 Å². The Morgan fingerprint density at radius 2 is 1.59 bits per heavy atom. The highest BCUT2D eigenvalue weighted by atomic mass is 19.1. The molecular weight excluding hydrogens is 473 g/mol. The molecule has 8 heteroatoms. The molecule has 0 aromatic heterocycles. The molecular formula is C29H30FN3O4. The minimum absolute atomic E-state index is 0.0590. The van der Waals surface area contributed by atoms with Crippen molar-refractivity contribution in [2.75, 3.05) is 0 Å². The van der Waals surface area contributed by atoms with E-state index in [4.69, 9.17) is 0 Å². The van der Waals surface area contributed by atoms with Crippen LogP contribution in [-0.4, -0.2) is 33.7 Å². The monoisotopic (exact) mass is 503 g/mol. The van der Waals surface area contributed by atoms with Crippen molar-refractivity contribution in [2.24, 2.45) is 0 Å². The van der Waals surface area contributed by atoms with E-state index in [0.717, 1.165) is 31.2 Å². The van der Waals surface area contributed by atoms with Crippen molar-refractivity contribution in [2.45, 2.75) is 57.2 Å². The summed E-state index contributed by atoms with van der Waals surface area (Å²) in [5.41, 5.74) is 1.67. The van der Waals surface area contributed by atoms with Crippen LogP contribution in [0.15, 0.2) is 78.9 Å². The SMILES string of the molecule is O=C(NC1CCCC1)C(Cc1ccccc1)N(Cc1ccc(F)cc1)C(=O)Cc1ccccc1[N+](=O)[O-]. The second-order valence-corrected chi connectivity index (χ2v) is 9.41. The molecule has 1 N–H and O–H groups in total. The minimum atomic E-state index is -0.844. The number of carbonyl (C=O) groups excluding carboxylic acids is 2. The molecule has 7 nitrogen and oxygen atoms in total. The summed E-state index contributed by atoms with van der Waals surface area (Å²) in [5.74, 6) is -1.07. The molecule has 0 radical (unpaired) electrons. The number of nitro benzene ring substituents is 1. The van der Waals surface area contributed by atoms with Crippen molar-refractivity contribution in [3.05, 3.63) is 111 Å². The van der Waals surface area contributed by atoms with Gasteiger partial charge < -0.3 is 10.2 Å². The third kappa shape index (κ3) is 7.00. The lowest BCUT2D eigenvalue weighted by atomic mass is 10.0. The molecule has 37 heavy (non-hydrogen) atoms. The maximum absolute atomic E-state index is 13.8. The Morgan fingerprint density at radius 3 is 2.27 bits per heavy atom. The number of nitro groups is 1. The number of nitrogens with zero attached hydrogens (tertiary/aromatic N) is 2. The van der Waals surface area contributed by atoms with Gasteiger partial charge in [-0.25, -0.2) is 4.39 Å². The average molecular weight is 504 g/mol. The number of nitrogens with one attached hydrogen (secondary N) is 1. The molecule has 0 spiro atoms. The molecule has 1 aliphatic carbocycles. The molecule has 1 aliphatic rings. The first kappa shape index (κ1) is 26.0. The van der Waals surface area contributed by atoms with Crippen molar-refractivity contribution in [1.29, 1.82) is 0 Å². The maximum atomic E-state index is 13.8. The Bertz CT molecular complexity index is 1230. The molecule has 192 valence electrons. The number of rotatable bonds is 10. The number of amides is 2. The van der Waals surface area contributed by atoms with E-state index in [2.05, 4.69) is 5.32 Å². The molecule has 3 aromatic carbocycles. The Hall–Kier alpha value is -4.07. The van der Waals surface area contributed by atoms with Crippen LogP contribution in [0.5, 0.6) is 0 Å². The molecule has 0 saturated heterocycles. The van der Waals surface area contributed by atoms with Gasteiger partial charge in [-0.1, -0.05) is 73.5 Å². The Balaban J connectivity index is 1.68. The third-order valence-corrected chi connectivity index (χ3v) is 6.77. The van der Waals surface area contributed by atoms with Gasteiger partial charge >= 0.3 is 0 Å². The van der Waals surface area contributed by atoms with Gasteiger partial charge in [-0.15, -0.1) is 0 Å². The molecule has 1 fully saturated rings. The summed E-state index contributed by atoms with van der Waals surface area (Å²) in [7, 11) is 0. The van der Waals surface area contributed by atoms with E-state index < -0.39 is 22.7 Å². The summed E-state index contributed by atoms with van der Waals surface area (Å²) in [4.78, 5) is 39.9. The highest BCUT2D eigenvalue weighted by Gasteiger charge is 2.33. The molecule has 1 atom stereocenters. The zero-order valence-electron chi connectivity index (χ0n) is 20.5. The second-order valence-electron chi connectivity index (χ2n) is 9.41. The zero-order chi connectivity index (χ0) is 26.2. The van der Waals surface area contributed by atoms with Crippen LogP contribution in [0.3, 0.4) is 0 Å². The first-order chi connectivity index (χ1) is 17.9. The molecule has 3 aromatic rings. The highest BCUT2D eigenvalue weighted by molar-refractivity contribution is 5.89. The van der Waals surface area contributed by atoms with Gasteiger partial charge in [0.1, 0.15) is 11.9 Å². The van der Waals surface area contributed by atoms with Gasteiger partial charge in [0.25, 0.3) is 5.69 Å². The fourth-order valence-corrected chi connectivity index (χ4v) is 4.81. The predicted octanol–water partition coefficient (Wildman–Crippen LogP) is 4.98. The summed E-state index contributed by atoms with van der Waals surface area (Å²) in [5, 5.41) is 14.7. The number of benzene rings is 3. The van der Waals surface area contributed by atoms with E-state index in [1.807, 2.05) is 30.3 Å². The van der Waals surface area contributed by atoms with Crippen LogP contribution in [0.2, 0.25) is 0 Å². The van der Waals surface area contributed by atoms with E-state index in [-0.39, 0.29) is 42.6 Å². The van der Waals surface area contributed by atoms with Crippen molar-refractivity contribution in [3.8, 4) is 0 Å². The smallest absolute Gasteiger partial charge is 0.273 e. The fraction of sp³-hybridized carbons (Fsp3) is 0.310. The average Bonchev–Trinajstić information content (AvgIpc) is 3.41. The standard InChI is InChI=1S/C29H30FN3O4/c30-24-16-14-22(15-17-24)20-32(28(34)19-23-10-4-7-13-26(23)33(36)37)27(18-21-8-2-1-3-9-21)29(35)31-25-11-5-6-12-25/h1-4,7-10,13-17,25,27H,5-6,11-12,18-20H2,(H,31,35). The summed E-state index contributed by atoms with van der Waals surface area (Å²) in [6.45, 7) is 0.0648. The van der Waals surface area contributed by atoms with E-state index >= 15 is 0 Å². The molecule has 4 rings (SSSR count). The number of carbonyl (C=O) groups is 2. The number of para-hydroxylation sites is 1.